The van der Waals surface area contributed by atoms with Gasteiger partial charge >= 0.3 is 11.9 Å². The first-order chi connectivity index (χ1) is 13.1. The van der Waals surface area contributed by atoms with Crippen LogP contribution in [0.3, 0.4) is 0 Å². The number of hydrogen-bond donors (Lipinski definition) is 1. The second-order valence-electron chi connectivity index (χ2n) is 6.49. The molecule has 1 N–H and O–H groups in total. The molecule has 0 aromatic heterocycles. The first kappa shape index (κ1) is 21.7. The molecule has 9 nitrogen and oxygen atoms in total. The van der Waals surface area contributed by atoms with Gasteiger partial charge in [-0.25, -0.2) is 9.59 Å². The number of nitrogens with zero attached hydrogens (tertiary/aromatic N) is 1. The highest BCUT2D eigenvalue weighted by atomic mass is 79.9. The Balaban J connectivity index is 2.26. The zero-order chi connectivity index (χ0) is 20.9. The maximum atomic E-state index is 12.0. The van der Waals surface area contributed by atoms with E-state index in [0.29, 0.717) is 16.8 Å². The summed E-state index contributed by atoms with van der Waals surface area (Å²) in [5.74, 6) is -2.74. The molecule has 0 atom stereocenters. The molecule has 0 radical (unpaired) electrons. The van der Waals surface area contributed by atoms with Gasteiger partial charge in [-0.2, -0.15) is 0 Å². The first-order valence-electron chi connectivity index (χ1n) is 8.68. The Labute approximate surface area is 170 Å². The van der Waals surface area contributed by atoms with Gasteiger partial charge in [0.25, 0.3) is 11.5 Å². The van der Waals surface area contributed by atoms with Crippen molar-refractivity contribution in [3.05, 3.63) is 38.5 Å². The van der Waals surface area contributed by atoms with Crippen molar-refractivity contribution < 1.29 is 28.7 Å². The Morgan fingerprint density at radius 1 is 1.25 bits per heavy atom. The molecule has 1 aromatic rings. The Morgan fingerprint density at radius 3 is 2.46 bits per heavy atom. The molecule has 1 fully saturated rings. The second-order valence-corrected chi connectivity index (χ2v) is 7.35. The first-order valence-corrected chi connectivity index (χ1v) is 9.48. The third-order valence-corrected chi connectivity index (χ3v) is 4.36. The monoisotopic (exact) mass is 456 g/mol. The minimum atomic E-state index is -1.37. The molecule has 1 aliphatic rings. The van der Waals surface area contributed by atoms with Crippen LogP contribution in [0.2, 0.25) is 0 Å². The van der Waals surface area contributed by atoms with Gasteiger partial charge in [-0.1, -0.05) is 19.8 Å². The van der Waals surface area contributed by atoms with Crippen molar-refractivity contribution >= 4 is 39.2 Å². The van der Waals surface area contributed by atoms with E-state index in [1.807, 2.05) is 0 Å². The fraction of sp³-hybridized carbons (Fsp3) is 0.444. The number of anilines is 1. The van der Waals surface area contributed by atoms with Gasteiger partial charge in [-0.3, -0.25) is 10.1 Å². The largest absolute Gasteiger partial charge is 0.492 e. The fourth-order valence-corrected chi connectivity index (χ4v) is 2.83. The summed E-state index contributed by atoms with van der Waals surface area (Å²) in [6, 6.07) is 2.71. The third-order valence-electron chi connectivity index (χ3n) is 3.74. The van der Waals surface area contributed by atoms with Gasteiger partial charge in [-0.15, -0.1) is 0 Å². The molecule has 10 heteroatoms. The standard InChI is InChI=1S/C18H21BrN2O7/c1-4-5-6-7-26-15-9-13(14(21(24)25)8-12(15)19)20-10-11-16(22)27-18(2,3)28-17(11)23/h8-10,20H,4-7H2,1-3H3. The van der Waals surface area contributed by atoms with Gasteiger partial charge < -0.3 is 19.5 Å². The van der Waals surface area contributed by atoms with Crippen molar-refractivity contribution in [2.24, 2.45) is 0 Å². The number of unbranched alkanes of at least 4 members (excludes halogenated alkanes) is 2. The maximum Gasteiger partial charge on any atom is 0.350 e. The van der Waals surface area contributed by atoms with Crippen LogP contribution in [0.1, 0.15) is 40.0 Å². The number of rotatable bonds is 8. The summed E-state index contributed by atoms with van der Waals surface area (Å²) in [5, 5.41) is 14.0. The Bertz CT molecular complexity index is 798. The predicted octanol–water partition coefficient (Wildman–Crippen LogP) is 4.06. The number of nitro groups is 1. The Morgan fingerprint density at radius 2 is 1.89 bits per heavy atom. The zero-order valence-corrected chi connectivity index (χ0v) is 17.3. The predicted molar refractivity (Wildman–Crippen MR) is 104 cm³/mol. The van der Waals surface area contributed by atoms with Crippen molar-refractivity contribution in [3.8, 4) is 5.75 Å². The highest BCUT2D eigenvalue weighted by Gasteiger charge is 2.39. The molecule has 0 bridgehead atoms. The van der Waals surface area contributed by atoms with Crippen LogP contribution in [-0.4, -0.2) is 29.3 Å². The van der Waals surface area contributed by atoms with E-state index in [1.54, 1.807) is 0 Å². The van der Waals surface area contributed by atoms with Crippen LogP contribution in [-0.2, 0) is 19.1 Å². The molecule has 0 amide bonds. The van der Waals surface area contributed by atoms with Crippen LogP contribution in [0.15, 0.2) is 28.4 Å². The lowest BCUT2D eigenvalue weighted by Gasteiger charge is -2.29. The van der Waals surface area contributed by atoms with E-state index in [1.165, 1.54) is 26.0 Å². The summed E-state index contributed by atoms with van der Waals surface area (Å²) in [6.07, 6.45) is 3.91. The van der Waals surface area contributed by atoms with Crippen molar-refractivity contribution in [1.82, 2.24) is 0 Å². The average molecular weight is 457 g/mol. The lowest BCUT2D eigenvalue weighted by atomic mass is 10.2. The molecule has 1 aromatic carbocycles. The molecule has 0 unspecified atom stereocenters. The topological polar surface area (TPSA) is 117 Å². The molecule has 0 saturated carbocycles. The molecule has 2 rings (SSSR count). The summed E-state index contributed by atoms with van der Waals surface area (Å²) in [6.45, 7) is 5.38. The van der Waals surface area contributed by atoms with E-state index in [-0.39, 0.29) is 11.4 Å². The fourth-order valence-electron chi connectivity index (χ4n) is 2.38. The van der Waals surface area contributed by atoms with Crippen molar-refractivity contribution in [2.45, 2.75) is 45.8 Å². The summed E-state index contributed by atoms with van der Waals surface area (Å²) in [4.78, 5) is 34.7. The minimum Gasteiger partial charge on any atom is -0.492 e. The van der Waals surface area contributed by atoms with Crippen molar-refractivity contribution in [1.29, 1.82) is 0 Å². The molecule has 0 spiro atoms. The summed E-state index contributed by atoms with van der Waals surface area (Å²) in [5.41, 5.74) is -0.610. The van der Waals surface area contributed by atoms with Crippen LogP contribution in [0.4, 0.5) is 11.4 Å². The normalized spacial score (nSPS) is 15.5. The molecule has 152 valence electrons. The number of nitro benzene ring substituents is 1. The lowest BCUT2D eigenvalue weighted by Crippen LogP contribution is -2.42. The van der Waals surface area contributed by atoms with Crippen LogP contribution in [0.5, 0.6) is 5.75 Å². The number of cyclic esters (lactones) is 2. The number of ether oxygens (including phenoxy) is 3. The van der Waals surface area contributed by atoms with Gasteiger partial charge in [0, 0.05) is 32.2 Å². The van der Waals surface area contributed by atoms with E-state index < -0.39 is 28.2 Å². The molecular weight excluding hydrogens is 436 g/mol. The number of carbonyl (C=O) groups excluding carboxylic acids is 2. The van der Waals surface area contributed by atoms with Crippen LogP contribution in [0, 0.1) is 10.1 Å². The highest BCUT2D eigenvalue weighted by molar-refractivity contribution is 9.10. The van der Waals surface area contributed by atoms with Crippen LogP contribution >= 0.6 is 15.9 Å². The van der Waals surface area contributed by atoms with E-state index >= 15 is 0 Å². The lowest BCUT2D eigenvalue weighted by molar-refractivity contribution is -0.384. The SMILES string of the molecule is CCCCCOc1cc(NC=C2C(=O)OC(C)(C)OC2=O)c([N+](=O)[O-])cc1Br. The zero-order valence-electron chi connectivity index (χ0n) is 15.7. The smallest absolute Gasteiger partial charge is 0.350 e. The number of halogens is 1. The summed E-state index contributed by atoms with van der Waals surface area (Å²) in [7, 11) is 0. The summed E-state index contributed by atoms with van der Waals surface area (Å²) < 4.78 is 16.1. The number of nitrogens with one attached hydrogen (secondary N) is 1. The third kappa shape index (κ3) is 5.44. The molecule has 28 heavy (non-hydrogen) atoms. The van der Waals surface area contributed by atoms with Gasteiger partial charge in [0.2, 0.25) is 0 Å². The van der Waals surface area contributed by atoms with Gasteiger partial charge in [0.1, 0.15) is 11.4 Å². The van der Waals surface area contributed by atoms with Crippen LogP contribution in [0.25, 0.3) is 0 Å². The van der Waals surface area contributed by atoms with Crippen molar-refractivity contribution in [2.75, 3.05) is 11.9 Å². The quantitative estimate of drug-likeness (QED) is 0.155. The van der Waals surface area contributed by atoms with Gasteiger partial charge in [0.05, 0.1) is 16.0 Å². The highest BCUT2D eigenvalue weighted by Crippen LogP contribution is 2.36. The average Bonchev–Trinajstić information content (AvgIpc) is 2.58. The molecule has 0 aliphatic carbocycles. The van der Waals surface area contributed by atoms with Gasteiger partial charge in [-0.05, 0) is 22.4 Å². The number of carbonyl (C=O) groups is 2. The number of benzene rings is 1. The number of esters is 2. The van der Waals surface area contributed by atoms with Crippen molar-refractivity contribution in [3.63, 3.8) is 0 Å². The Kier molecular flexibility index (Phi) is 7.00. The van der Waals surface area contributed by atoms with E-state index in [0.717, 1.165) is 25.5 Å². The van der Waals surface area contributed by atoms with E-state index in [2.05, 4.69) is 28.2 Å². The van der Waals surface area contributed by atoms with Crippen LogP contribution < -0.4 is 10.1 Å². The molecule has 1 saturated heterocycles. The molecule has 1 aliphatic heterocycles. The minimum absolute atomic E-state index is 0.0524. The Hall–Kier alpha value is -2.62. The summed E-state index contributed by atoms with van der Waals surface area (Å²) >= 11 is 3.26. The maximum absolute atomic E-state index is 12.0. The van der Waals surface area contributed by atoms with E-state index in [4.69, 9.17) is 14.2 Å². The van der Waals surface area contributed by atoms with Gasteiger partial charge in [0.15, 0.2) is 5.57 Å². The number of hydrogen-bond acceptors (Lipinski definition) is 8. The second kappa shape index (κ2) is 9.05. The van der Waals surface area contributed by atoms with E-state index in [9.17, 15) is 19.7 Å². The molecular formula is C18H21BrN2O7. The molecule has 1 heterocycles.